The molecular formula is C9H10KNO. The molecule has 0 aliphatic rings. The Balaban J connectivity index is 0.00000121. The van der Waals surface area contributed by atoms with Crippen molar-refractivity contribution in [3.05, 3.63) is 41.6 Å². The molecule has 1 rings (SSSR count). The summed E-state index contributed by atoms with van der Waals surface area (Å²) < 4.78 is 0. The Morgan fingerprint density at radius 3 is 2.33 bits per heavy atom. The average Bonchev–Trinajstić information content (AvgIpc) is 2.03. The largest absolute Gasteiger partial charge is 1.00 e. The van der Waals surface area contributed by atoms with E-state index in [4.69, 9.17) is 5.73 Å². The van der Waals surface area contributed by atoms with Crippen LogP contribution >= 0.6 is 0 Å². The van der Waals surface area contributed by atoms with Crippen molar-refractivity contribution in [2.45, 2.75) is 12.8 Å². The van der Waals surface area contributed by atoms with Crippen LogP contribution in [0.3, 0.4) is 0 Å². The molecule has 0 heterocycles. The molecule has 58 valence electrons. The van der Waals surface area contributed by atoms with E-state index in [0.717, 1.165) is 5.56 Å². The molecule has 0 saturated heterocycles. The number of rotatable bonds is 3. The summed E-state index contributed by atoms with van der Waals surface area (Å²) in [7, 11) is 0. The van der Waals surface area contributed by atoms with E-state index < -0.39 is 5.91 Å². The van der Waals surface area contributed by atoms with Crippen LogP contribution in [0.15, 0.2) is 30.3 Å². The summed E-state index contributed by atoms with van der Waals surface area (Å²) >= 11 is 0. The van der Waals surface area contributed by atoms with Gasteiger partial charge in [-0.05, 0) is 18.4 Å². The van der Waals surface area contributed by atoms with Gasteiger partial charge in [-0.3, -0.25) is 0 Å². The second-order valence-electron chi connectivity index (χ2n) is 2.41. The monoisotopic (exact) mass is 187 g/mol. The van der Waals surface area contributed by atoms with Crippen molar-refractivity contribution < 1.29 is 56.2 Å². The summed E-state index contributed by atoms with van der Waals surface area (Å²) in [5.41, 5.74) is 7.81. The molecule has 1 N–H and O–H groups in total. The van der Waals surface area contributed by atoms with E-state index in [-0.39, 0.29) is 51.4 Å². The van der Waals surface area contributed by atoms with Gasteiger partial charge in [0, 0.05) is 5.91 Å². The fourth-order valence-electron chi connectivity index (χ4n) is 0.903. The van der Waals surface area contributed by atoms with E-state index in [1.165, 1.54) is 0 Å². The molecule has 0 aliphatic carbocycles. The Hall–Kier alpha value is 0.326. The van der Waals surface area contributed by atoms with Gasteiger partial charge in [0.15, 0.2) is 0 Å². The molecule has 3 heteroatoms. The molecule has 1 aromatic rings. The zero-order valence-electron chi connectivity index (χ0n) is 7.21. The number of aryl methyl sites for hydroxylation is 1. The van der Waals surface area contributed by atoms with Crippen molar-refractivity contribution in [2.24, 2.45) is 0 Å². The normalized spacial score (nSPS) is 8.67. The van der Waals surface area contributed by atoms with Crippen LogP contribution in [-0.2, 0) is 11.2 Å². The van der Waals surface area contributed by atoms with Gasteiger partial charge < -0.3 is 10.5 Å². The van der Waals surface area contributed by atoms with Gasteiger partial charge in [0.25, 0.3) is 0 Å². The van der Waals surface area contributed by atoms with Crippen LogP contribution in [0.2, 0.25) is 0 Å². The van der Waals surface area contributed by atoms with E-state index in [1.807, 2.05) is 30.3 Å². The van der Waals surface area contributed by atoms with Gasteiger partial charge in [-0.25, -0.2) is 0 Å². The summed E-state index contributed by atoms with van der Waals surface area (Å²) in [6, 6.07) is 9.73. The fraction of sp³-hybridized carbons (Fsp3) is 0.222. The molecule has 12 heavy (non-hydrogen) atoms. The maximum atomic E-state index is 10.3. The number of nitrogens with one attached hydrogen (secondary N) is 1. The predicted molar refractivity (Wildman–Crippen MR) is 44.1 cm³/mol. The molecule has 0 spiro atoms. The molecular weight excluding hydrogens is 177 g/mol. The topological polar surface area (TPSA) is 40.9 Å². The Morgan fingerprint density at radius 1 is 1.25 bits per heavy atom. The molecule has 0 aliphatic heterocycles. The van der Waals surface area contributed by atoms with Crippen molar-refractivity contribution in [3.8, 4) is 0 Å². The average molecular weight is 187 g/mol. The van der Waals surface area contributed by atoms with Crippen molar-refractivity contribution in [1.29, 1.82) is 0 Å². The smallest absolute Gasteiger partial charge is 0.668 e. The van der Waals surface area contributed by atoms with Crippen molar-refractivity contribution >= 4 is 5.91 Å². The molecule has 0 saturated carbocycles. The zero-order chi connectivity index (χ0) is 8.10. The molecule has 0 unspecified atom stereocenters. The second kappa shape index (κ2) is 6.80. The van der Waals surface area contributed by atoms with Crippen molar-refractivity contribution in [3.63, 3.8) is 0 Å². The minimum Gasteiger partial charge on any atom is -0.668 e. The Morgan fingerprint density at radius 2 is 1.83 bits per heavy atom. The van der Waals surface area contributed by atoms with Gasteiger partial charge in [-0.2, -0.15) is 0 Å². The predicted octanol–water partition coefficient (Wildman–Crippen LogP) is -0.798. The quantitative estimate of drug-likeness (QED) is 0.571. The third-order valence-corrected chi connectivity index (χ3v) is 1.48. The van der Waals surface area contributed by atoms with Gasteiger partial charge in [-0.1, -0.05) is 30.3 Å². The van der Waals surface area contributed by atoms with Crippen LogP contribution < -0.4 is 51.4 Å². The maximum absolute atomic E-state index is 10.3. The maximum Gasteiger partial charge on any atom is 1.00 e. The zero-order valence-corrected chi connectivity index (χ0v) is 10.3. The van der Waals surface area contributed by atoms with Gasteiger partial charge >= 0.3 is 51.4 Å². The van der Waals surface area contributed by atoms with Crippen LogP contribution in [0.1, 0.15) is 12.0 Å². The van der Waals surface area contributed by atoms with Gasteiger partial charge in [0.2, 0.25) is 0 Å². The number of benzene rings is 1. The summed E-state index contributed by atoms with van der Waals surface area (Å²) in [5, 5.41) is 0. The molecule has 2 nitrogen and oxygen atoms in total. The third kappa shape index (κ3) is 5.06. The van der Waals surface area contributed by atoms with E-state index in [9.17, 15) is 4.79 Å². The molecule has 0 aromatic heterocycles. The van der Waals surface area contributed by atoms with Gasteiger partial charge in [0.05, 0.1) is 0 Å². The number of amides is 1. The Labute approximate surface area is 115 Å². The van der Waals surface area contributed by atoms with Crippen molar-refractivity contribution in [2.75, 3.05) is 0 Å². The number of carbonyl (C=O) groups excluding carboxylic acids is 1. The number of hydrogen-bond donors (Lipinski definition) is 0. The standard InChI is InChI=1S/C9H11NO.K/c10-9(11)7-6-8-4-2-1-3-5-8;/h1-5H,6-7H2,(H2,10,11);/q;+1/p-1. The first kappa shape index (κ1) is 12.3. The van der Waals surface area contributed by atoms with Crippen LogP contribution in [0.5, 0.6) is 0 Å². The minimum atomic E-state index is -0.492. The van der Waals surface area contributed by atoms with Crippen LogP contribution in [0.25, 0.3) is 5.73 Å². The van der Waals surface area contributed by atoms with Gasteiger partial charge in [-0.15, -0.1) is 0 Å². The summed E-state index contributed by atoms with van der Waals surface area (Å²) in [4.78, 5) is 10.3. The summed E-state index contributed by atoms with van der Waals surface area (Å²) in [6.07, 6.45) is 1.01. The Kier molecular flexibility index (Phi) is 6.99. The van der Waals surface area contributed by atoms with E-state index in [1.54, 1.807) is 0 Å². The molecule has 0 atom stereocenters. The Bertz CT molecular complexity index is 236. The first-order chi connectivity index (χ1) is 5.29. The first-order valence-corrected chi connectivity index (χ1v) is 3.57. The van der Waals surface area contributed by atoms with Crippen LogP contribution in [0.4, 0.5) is 0 Å². The second-order valence-corrected chi connectivity index (χ2v) is 2.41. The SMILES string of the molecule is [K+].[NH-]C(=O)CCc1ccccc1. The fourth-order valence-corrected chi connectivity index (χ4v) is 0.903. The third-order valence-electron chi connectivity index (χ3n) is 1.48. The minimum absolute atomic E-state index is 0. The number of carbonyl (C=O) groups is 1. The molecule has 1 amide bonds. The van der Waals surface area contributed by atoms with Crippen LogP contribution in [0, 0.1) is 0 Å². The van der Waals surface area contributed by atoms with Crippen LogP contribution in [-0.4, -0.2) is 5.91 Å². The van der Waals surface area contributed by atoms with Crippen molar-refractivity contribution in [1.82, 2.24) is 0 Å². The van der Waals surface area contributed by atoms with E-state index >= 15 is 0 Å². The van der Waals surface area contributed by atoms with E-state index in [0.29, 0.717) is 12.8 Å². The summed E-state index contributed by atoms with van der Waals surface area (Å²) in [6.45, 7) is 0. The molecule has 1 aromatic carbocycles. The first-order valence-electron chi connectivity index (χ1n) is 3.57. The van der Waals surface area contributed by atoms with Gasteiger partial charge in [0.1, 0.15) is 0 Å². The summed E-state index contributed by atoms with van der Waals surface area (Å²) in [5.74, 6) is -0.492. The number of hydrogen-bond acceptors (Lipinski definition) is 1. The molecule has 0 radical (unpaired) electrons. The molecule has 0 bridgehead atoms. The van der Waals surface area contributed by atoms with E-state index in [2.05, 4.69) is 0 Å². The molecule has 0 fully saturated rings.